The molecule has 10 heteroatoms. The van der Waals surface area contributed by atoms with E-state index in [2.05, 4.69) is 10.2 Å². The minimum absolute atomic E-state index is 0. The highest BCUT2D eigenvalue weighted by atomic mass is 35.5. The molecule has 1 aliphatic rings. The molecule has 1 fully saturated rings. The second-order valence-corrected chi connectivity index (χ2v) is 6.17. The maximum Gasteiger partial charge on any atom is 0.416 e. The van der Waals surface area contributed by atoms with Crippen molar-refractivity contribution < 1.29 is 22.7 Å². The number of carbonyl (C=O) groups excluding carboxylic acids is 1. The largest absolute Gasteiger partial charge is 0.416 e. The van der Waals surface area contributed by atoms with E-state index < -0.39 is 11.7 Å². The number of nitrogens with zero attached hydrogens (tertiary/aromatic N) is 1. The summed E-state index contributed by atoms with van der Waals surface area (Å²) in [5.74, 6) is -0.467. The maximum atomic E-state index is 12.8. The van der Waals surface area contributed by atoms with E-state index >= 15 is 0 Å². The third-order valence-corrected chi connectivity index (χ3v) is 4.38. The molecular formula is C17H26Cl2F3N3O2. The van der Waals surface area contributed by atoms with Crippen molar-refractivity contribution in [2.24, 2.45) is 11.7 Å². The van der Waals surface area contributed by atoms with E-state index in [1.54, 1.807) is 6.92 Å². The summed E-state index contributed by atoms with van der Waals surface area (Å²) in [5, 5.41) is 2.85. The van der Waals surface area contributed by atoms with Crippen molar-refractivity contribution in [2.45, 2.75) is 19.1 Å². The Bertz CT molecular complexity index is 568. The molecule has 2 unspecified atom stereocenters. The molecule has 1 heterocycles. The highest BCUT2D eigenvalue weighted by Crippen LogP contribution is 2.31. The molecule has 1 aliphatic heterocycles. The van der Waals surface area contributed by atoms with Gasteiger partial charge in [0.1, 0.15) is 0 Å². The van der Waals surface area contributed by atoms with Gasteiger partial charge in [0.2, 0.25) is 5.91 Å². The Labute approximate surface area is 169 Å². The molecule has 1 aromatic carbocycles. The number of amides is 1. The van der Waals surface area contributed by atoms with Crippen LogP contribution in [-0.2, 0) is 15.7 Å². The molecule has 5 nitrogen and oxygen atoms in total. The summed E-state index contributed by atoms with van der Waals surface area (Å²) in [6, 6.07) is 4.89. The fourth-order valence-corrected chi connectivity index (χ4v) is 2.72. The van der Waals surface area contributed by atoms with Crippen LogP contribution in [0.2, 0.25) is 0 Å². The summed E-state index contributed by atoms with van der Waals surface area (Å²) >= 11 is 0. The first-order valence-corrected chi connectivity index (χ1v) is 8.29. The van der Waals surface area contributed by atoms with E-state index in [0.29, 0.717) is 32.8 Å². The van der Waals surface area contributed by atoms with Crippen LogP contribution in [0.1, 0.15) is 24.1 Å². The van der Waals surface area contributed by atoms with Crippen molar-refractivity contribution in [1.29, 1.82) is 0 Å². The Kier molecular flexibility index (Phi) is 11.2. The van der Waals surface area contributed by atoms with Crippen molar-refractivity contribution >= 4 is 30.7 Å². The second-order valence-electron chi connectivity index (χ2n) is 6.17. The molecule has 156 valence electrons. The number of halogens is 5. The summed E-state index contributed by atoms with van der Waals surface area (Å²) in [6.07, 6.45) is -4.36. The molecule has 1 saturated heterocycles. The van der Waals surface area contributed by atoms with Crippen LogP contribution >= 0.6 is 24.8 Å². The van der Waals surface area contributed by atoms with E-state index in [4.69, 9.17) is 10.5 Å². The van der Waals surface area contributed by atoms with Crippen molar-refractivity contribution in [3.63, 3.8) is 0 Å². The number of morpholine rings is 1. The SMILES string of the molecule is CC(CN)C(=O)NCC(c1ccc(C(F)(F)F)cc1)N1CCOCC1.Cl.Cl. The predicted molar refractivity (Wildman–Crippen MR) is 102 cm³/mol. The van der Waals surface area contributed by atoms with Crippen LogP contribution in [0.4, 0.5) is 13.2 Å². The minimum atomic E-state index is -4.36. The molecule has 1 amide bonds. The van der Waals surface area contributed by atoms with E-state index in [1.807, 2.05) is 0 Å². The fraction of sp³-hybridized carbons (Fsp3) is 0.588. The van der Waals surface area contributed by atoms with Gasteiger partial charge in [-0.1, -0.05) is 19.1 Å². The lowest BCUT2D eigenvalue weighted by Gasteiger charge is -2.35. The van der Waals surface area contributed by atoms with Crippen LogP contribution in [-0.4, -0.2) is 50.2 Å². The Balaban J connectivity index is 0.00000338. The first-order chi connectivity index (χ1) is 11.8. The summed E-state index contributed by atoms with van der Waals surface area (Å²) in [5.41, 5.74) is 5.55. The van der Waals surface area contributed by atoms with E-state index in [-0.39, 0.29) is 49.2 Å². The number of hydrogen-bond donors (Lipinski definition) is 2. The molecule has 0 bridgehead atoms. The number of nitrogens with one attached hydrogen (secondary N) is 1. The Morgan fingerprint density at radius 1 is 1.22 bits per heavy atom. The van der Waals surface area contributed by atoms with Gasteiger partial charge in [-0.15, -0.1) is 24.8 Å². The number of nitrogens with two attached hydrogens (primary N) is 1. The van der Waals surface area contributed by atoms with Gasteiger partial charge in [-0.05, 0) is 17.7 Å². The van der Waals surface area contributed by atoms with Crippen molar-refractivity contribution in [1.82, 2.24) is 10.2 Å². The third kappa shape index (κ3) is 7.46. The standard InChI is InChI=1S/C17H24F3N3O2.2ClH/c1-12(10-21)16(24)22-11-15(23-6-8-25-9-7-23)13-2-4-14(5-3-13)17(18,19)20;;/h2-5,12,15H,6-11,21H2,1H3,(H,22,24);2*1H. The van der Waals surface area contributed by atoms with Gasteiger partial charge in [0.15, 0.2) is 0 Å². The van der Waals surface area contributed by atoms with Crippen LogP contribution in [0, 0.1) is 5.92 Å². The lowest BCUT2D eigenvalue weighted by molar-refractivity contribution is -0.137. The molecule has 3 N–H and O–H groups in total. The highest BCUT2D eigenvalue weighted by molar-refractivity contribution is 5.85. The molecule has 2 rings (SSSR count). The first-order valence-electron chi connectivity index (χ1n) is 8.29. The molecule has 1 aromatic rings. The predicted octanol–water partition coefficient (Wildman–Crippen LogP) is 2.63. The van der Waals surface area contributed by atoms with Gasteiger partial charge in [-0.2, -0.15) is 13.2 Å². The number of carbonyl (C=O) groups is 1. The average Bonchev–Trinajstić information content (AvgIpc) is 2.61. The Morgan fingerprint density at radius 3 is 2.26 bits per heavy atom. The number of ether oxygens (including phenoxy) is 1. The van der Waals surface area contributed by atoms with Crippen LogP contribution < -0.4 is 11.1 Å². The third-order valence-electron chi connectivity index (χ3n) is 4.38. The molecule has 0 spiro atoms. The van der Waals surface area contributed by atoms with Gasteiger partial charge in [0.25, 0.3) is 0 Å². The first kappa shape index (κ1) is 25.9. The second kappa shape index (κ2) is 11.7. The summed E-state index contributed by atoms with van der Waals surface area (Å²) < 4.78 is 43.6. The molecule has 27 heavy (non-hydrogen) atoms. The van der Waals surface area contributed by atoms with Crippen molar-refractivity contribution in [2.75, 3.05) is 39.4 Å². The maximum absolute atomic E-state index is 12.8. The number of rotatable bonds is 6. The molecular weight excluding hydrogens is 406 g/mol. The van der Waals surface area contributed by atoms with Crippen LogP contribution in [0.3, 0.4) is 0 Å². The van der Waals surface area contributed by atoms with Gasteiger partial charge in [0.05, 0.1) is 24.8 Å². The Morgan fingerprint density at radius 2 is 1.78 bits per heavy atom. The number of benzene rings is 1. The molecule has 0 aromatic heterocycles. The number of hydrogen-bond acceptors (Lipinski definition) is 4. The van der Waals surface area contributed by atoms with Crippen LogP contribution in [0.25, 0.3) is 0 Å². The van der Waals surface area contributed by atoms with Gasteiger partial charge in [-0.25, -0.2) is 0 Å². The van der Waals surface area contributed by atoms with Gasteiger partial charge in [-0.3, -0.25) is 9.69 Å². The van der Waals surface area contributed by atoms with Gasteiger partial charge >= 0.3 is 6.18 Å². The summed E-state index contributed by atoms with van der Waals surface area (Å²) in [6.45, 7) is 4.73. The molecule has 2 atom stereocenters. The fourth-order valence-electron chi connectivity index (χ4n) is 2.72. The quantitative estimate of drug-likeness (QED) is 0.726. The normalized spacial score (nSPS) is 17.2. The van der Waals surface area contributed by atoms with Crippen molar-refractivity contribution in [3.8, 4) is 0 Å². The van der Waals surface area contributed by atoms with E-state index in [0.717, 1.165) is 17.7 Å². The monoisotopic (exact) mass is 431 g/mol. The van der Waals surface area contributed by atoms with Crippen molar-refractivity contribution in [3.05, 3.63) is 35.4 Å². The molecule has 0 saturated carbocycles. The molecule has 0 radical (unpaired) electrons. The zero-order chi connectivity index (χ0) is 18.4. The smallest absolute Gasteiger partial charge is 0.379 e. The summed E-state index contributed by atoms with van der Waals surface area (Å²) in [4.78, 5) is 14.1. The minimum Gasteiger partial charge on any atom is -0.379 e. The topological polar surface area (TPSA) is 67.6 Å². The molecule has 0 aliphatic carbocycles. The van der Waals surface area contributed by atoms with Gasteiger partial charge in [0, 0.05) is 32.1 Å². The highest BCUT2D eigenvalue weighted by Gasteiger charge is 2.31. The van der Waals surface area contributed by atoms with Gasteiger partial charge < -0.3 is 15.8 Å². The lowest BCUT2D eigenvalue weighted by Crippen LogP contribution is -2.45. The van der Waals surface area contributed by atoms with E-state index in [9.17, 15) is 18.0 Å². The Hall–Kier alpha value is -1.06. The van der Waals surface area contributed by atoms with E-state index in [1.165, 1.54) is 12.1 Å². The number of alkyl halides is 3. The lowest BCUT2D eigenvalue weighted by atomic mass is 10.0. The zero-order valence-electron chi connectivity index (χ0n) is 15.0. The zero-order valence-corrected chi connectivity index (χ0v) is 16.6. The summed E-state index contributed by atoms with van der Waals surface area (Å²) in [7, 11) is 0. The van der Waals surface area contributed by atoms with Crippen LogP contribution in [0.15, 0.2) is 24.3 Å². The van der Waals surface area contributed by atoms with Crippen LogP contribution in [0.5, 0.6) is 0 Å². The average molecular weight is 432 g/mol.